The Balaban J connectivity index is 0. The molecule has 0 amide bonds. The van der Waals surface area contributed by atoms with Gasteiger partial charge in [0, 0.05) is 5.03 Å². The van der Waals surface area contributed by atoms with Crippen molar-refractivity contribution in [2.24, 2.45) is 0 Å². The summed E-state index contributed by atoms with van der Waals surface area (Å²) in [6, 6.07) is 0. The van der Waals surface area contributed by atoms with Crippen LogP contribution in [0.15, 0.2) is 35.4 Å². The Morgan fingerprint density at radius 1 is 1.18 bits per heavy atom. The molecule has 0 bridgehead atoms. The van der Waals surface area contributed by atoms with E-state index in [2.05, 4.69) is 13.2 Å². The molecule has 0 atom stereocenters. The molecule has 64 valence electrons. The Bertz CT molecular complexity index is 164. The molecule has 0 radical (unpaired) electrons. The maximum atomic E-state index is 5.50. The molecule has 11 heavy (non-hydrogen) atoms. The first kappa shape index (κ1) is 13.1. The average molecular weight is 173 g/mol. The van der Waals surface area contributed by atoms with E-state index in [0.29, 0.717) is 5.03 Å². The van der Waals surface area contributed by atoms with Crippen molar-refractivity contribution < 1.29 is 0 Å². The highest BCUT2D eigenvalue weighted by atomic mass is 35.5. The van der Waals surface area contributed by atoms with Gasteiger partial charge in [-0.3, -0.25) is 0 Å². The van der Waals surface area contributed by atoms with E-state index in [1.807, 2.05) is 27.7 Å². The molecule has 0 heterocycles. The van der Waals surface area contributed by atoms with E-state index < -0.39 is 0 Å². The zero-order valence-electron chi connectivity index (χ0n) is 7.87. The lowest BCUT2D eigenvalue weighted by atomic mass is 10.1. The lowest BCUT2D eigenvalue weighted by Gasteiger charge is -1.95. The Kier molecular flexibility index (Phi) is 9.09. The van der Waals surface area contributed by atoms with Gasteiger partial charge in [0.2, 0.25) is 0 Å². The summed E-state index contributed by atoms with van der Waals surface area (Å²) in [4.78, 5) is 0. The van der Waals surface area contributed by atoms with E-state index >= 15 is 0 Å². The molecule has 0 unspecified atom stereocenters. The average Bonchev–Trinajstić information content (AvgIpc) is 1.90. The fraction of sp³-hybridized carbons (Fsp3) is 0.400. The van der Waals surface area contributed by atoms with Gasteiger partial charge in [-0.15, -0.1) is 0 Å². The van der Waals surface area contributed by atoms with Crippen molar-refractivity contribution in [1.29, 1.82) is 0 Å². The first-order chi connectivity index (χ1) is 5.04. The predicted octanol–water partition coefficient (Wildman–Crippen LogP) is 4.29. The van der Waals surface area contributed by atoms with E-state index in [1.54, 1.807) is 6.08 Å². The molecule has 0 fully saturated rings. The molecular formula is C10H17Cl. The second kappa shape index (κ2) is 7.62. The Hall–Kier alpha value is -0.490. The molecule has 0 aliphatic rings. The summed E-state index contributed by atoms with van der Waals surface area (Å²) in [5.41, 5.74) is 2.10. The first-order valence-corrected chi connectivity index (χ1v) is 4.10. The summed E-state index contributed by atoms with van der Waals surface area (Å²) in [6.45, 7) is 15.2. The van der Waals surface area contributed by atoms with Crippen LogP contribution in [0.4, 0.5) is 0 Å². The summed E-state index contributed by atoms with van der Waals surface area (Å²) >= 11 is 5.50. The molecule has 0 aliphatic carbocycles. The van der Waals surface area contributed by atoms with Crippen LogP contribution in [0.1, 0.15) is 27.7 Å². The molecule has 0 saturated heterocycles. The SMILES string of the molecule is C=C(Cl)/C=C(/C)C(=C)C.CC. The predicted molar refractivity (Wildman–Crippen MR) is 54.9 cm³/mol. The van der Waals surface area contributed by atoms with Crippen LogP contribution in [0.3, 0.4) is 0 Å². The monoisotopic (exact) mass is 172 g/mol. The van der Waals surface area contributed by atoms with E-state index in [4.69, 9.17) is 11.6 Å². The molecule has 0 N–H and O–H groups in total. The largest absolute Gasteiger partial charge is 0.0958 e. The topological polar surface area (TPSA) is 0 Å². The lowest BCUT2D eigenvalue weighted by Crippen LogP contribution is -1.74. The minimum atomic E-state index is 0.551. The highest BCUT2D eigenvalue weighted by molar-refractivity contribution is 6.30. The van der Waals surface area contributed by atoms with Crippen LogP contribution in [0, 0.1) is 0 Å². The maximum Gasteiger partial charge on any atom is 0.0336 e. The highest BCUT2D eigenvalue weighted by Gasteiger charge is 1.87. The third kappa shape index (κ3) is 9.51. The summed E-state index contributed by atoms with van der Waals surface area (Å²) in [7, 11) is 0. The van der Waals surface area contributed by atoms with Gasteiger partial charge in [0.15, 0.2) is 0 Å². The number of halogens is 1. The van der Waals surface area contributed by atoms with E-state index in [9.17, 15) is 0 Å². The van der Waals surface area contributed by atoms with Crippen LogP contribution in [0.5, 0.6) is 0 Å². The van der Waals surface area contributed by atoms with Crippen molar-refractivity contribution >= 4 is 11.6 Å². The molecular weight excluding hydrogens is 156 g/mol. The number of rotatable bonds is 2. The zero-order chi connectivity index (χ0) is 9.44. The van der Waals surface area contributed by atoms with Crippen LogP contribution in [0.25, 0.3) is 0 Å². The quantitative estimate of drug-likeness (QED) is 0.546. The van der Waals surface area contributed by atoms with Gasteiger partial charge < -0.3 is 0 Å². The van der Waals surface area contributed by atoms with Crippen LogP contribution < -0.4 is 0 Å². The van der Waals surface area contributed by atoms with E-state index in [-0.39, 0.29) is 0 Å². The smallest absolute Gasteiger partial charge is 0.0336 e. The van der Waals surface area contributed by atoms with Gasteiger partial charge >= 0.3 is 0 Å². The second-order valence-electron chi connectivity index (χ2n) is 2.05. The summed E-state index contributed by atoms with van der Waals surface area (Å²) in [5.74, 6) is 0. The molecule has 0 spiro atoms. The number of hydrogen-bond acceptors (Lipinski definition) is 0. The minimum absolute atomic E-state index is 0.551. The van der Waals surface area contributed by atoms with Gasteiger partial charge in [-0.25, -0.2) is 0 Å². The molecule has 0 aliphatic heterocycles. The number of hydrogen-bond donors (Lipinski definition) is 0. The highest BCUT2D eigenvalue weighted by Crippen LogP contribution is 2.09. The van der Waals surface area contributed by atoms with Gasteiger partial charge in [-0.05, 0) is 25.5 Å². The van der Waals surface area contributed by atoms with Crippen LogP contribution in [0.2, 0.25) is 0 Å². The van der Waals surface area contributed by atoms with Crippen molar-refractivity contribution in [2.75, 3.05) is 0 Å². The lowest BCUT2D eigenvalue weighted by molar-refractivity contribution is 1.36. The maximum absolute atomic E-state index is 5.50. The first-order valence-electron chi connectivity index (χ1n) is 3.72. The molecule has 0 aromatic heterocycles. The second-order valence-corrected chi connectivity index (χ2v) is 2.54. The molecule has 1 heteroatoms. The van der Waals surface area contributed by atoms with Crippen LogP contribution in [-0.4, -0.2) is 0 Å². The standard InChI is InChI=1S/C8H11Cl.C2H6/c1-6(2)7(3)5-8(4)9;1-2/h5H,1,4H2,2-3H3;1-2H3/b7-5-;. The summed E-state index contributed by atoms with van der Waals surface area (Å²) < 4.78 is 0. The van der Waals surface area contributed by atoms with Gasteiger partial charge in [0.1, 0.15) is 0 Å². The van der Waals surface area contributed by atoms with E-state index in [1.165, 1.54) is 0 Å². The molecule has 0 nitrogen and oxygen atoms in total. The third-order valence-corrected chi connectivity index (χ3v) is 1.16. The van der Waals surface area contributed by atoms with Crippen molar-refractivity contribution in [3.8, 4) is 0 Å². The van der Waals surface area contributed by atoms with Crippen molar-refractivity contribution in [1.82, 2.24) is 0 Å². The third-order valence-electron chi connectivity index (χ3n) is 1.05. The Morgan fingerprint density at radius 3 is 1.64 bits per heavy atom. The zero-order valence-corrected chi connectivity index (χ0v) is 8.63. The molecule has 0 rings (SSSR count). The van der Waals surface area contributed by atoms with Gasteiger partial charge in [-0.1, -0.05) is 44.2 Å². The van der Waals surface area contributed by atoms with E-state index in [0.717, 1.165) is 11.1 Å². The van der Waals surface area contributed by atoms with Crippen molar-refractivity contribution in [2.45, 2.75) is 27.7 Å². The normalized spacial score (nSPS) is 9.73. The van der Waals surface area contributed by atoms with Gasteiger partial charge in [0.05, 0.1) is 0 Å². The number of allylic oxidation sites excluding steroid dienone is 4. The minimum Gasteiger partial charge on any atom is -0.0958 e. The van der Waals surface area contributed by atoms with Gasteiger partial charge in [-0.2, -0.15) is 0 Å². The molecule has 0 saturated carbocycles. The summed E-state index contributed by atoms with van der Waals surface area (Å²) in [5, 5.41) is 0.551. The van der Waals surface area contributed by atoms with Crippen LogP contribution >= 0.6 is 11.6 Å². The van der Waals surface area contributed by atoms with Crippen molar-refractivity contribution in [3.05, 3.63) is 35.4 Å². The van der Waals surface area contributed by atoms with Crippen molar-refractivity contribution in [3.63, 3.8) is 0 Å². The van der Waals surface area contributed by atoms with Gasteiger partial charge in [0.25, 0.3) is 0 Å². The fourth-order valence-electron chi connectivity index (χ4n) is 0.358. The Labute approximate surface area is 75.3 Å². The molecule has 0 aromatic rings. The Morgan fingerprint density at radius 2 is 1.55 bits per heavy atom. The summed E-state index contributed by atoms with van der Waals surface area (Å²) in [6.07, 6.45) is 1.80. The van der Waals surface area contributed by atoms with Crippen LogP contribution in [-0.2, 0) is 0 Å². The molecule has 0 aromatic carbocycles. The fourth-order valence-corrected chi connectivity index (χ4v) is 0.522.